The second kappa shape index (κ2) is 10.1. The summed E-state index contributed by atoms with van der Waals surface area (Å²) in [6.45, 7) is 1.27. The molecule has 0 spiro atoms. The van der Waals surface area contributed by atoms with E-state index < -0.39 is 32.2 Å². The van der Waals surface area contributed by atoms with Crippen molar-refractivity contribution >= 4 is 39.1 Å². The molecule has 1 aromatic carbocycles. The van der Waals surface area contributed by atoms with Crippen molar-refractivity contribution in [3.05, 3.63) is 48.3 Å². The Morgan fingerprint density at radius 2 is 1.76 bits per heavy atom. The van der Waals surface area contributed by atoms with E-state index >= 15 is 0 Å². The molecule has 2 aromatic rings. The lowest BCUT2D eigenvalue weighted by atomic mass is 9.96. The smallest absolute Gasteiger partial charge is 0.324 e. The molecule has 4 amide bonds. The number of halogens is 3. The molecule has 2 saturated heterocycles. The number of piperidine rings is 1. The summed E-state index contributed by atoms with van der Waals surface area (Å²) in [4.78, 5) is 45.5. The third kappa shape index (κ3) is 5.44. The number of carbonyl (C=O) groups is 3. The van der Waals surface area contributed by atoms with Gasteiger partial charge in [-0.1, -0.05) is 0 Å². The van der Waals surface area contributed by atoms with E-state index in [9.17, 15) is 36.0 Å². The number of benzene rings is 1. The third-order valence-corrected chi connectivity index (χ3v) is 7.87. The predicted molar refractivity (Wildman–Crippen MR) is 126 cm³/mol. The van der Waals surface area contributed by atoms with Crippen molar-refractivity contribution in [1.82, 2.24) is 14.8 Å². The fraction of sp³-hybridized carbons (Fsp3) is 0.391. The maximum absolute atomic E-state index is 13.0. The van der Waals surface area contributed by atoms with Crippen LogP contribution in [0.25, 0.3) is 0 Å². The number of pyridine rings is 1. The second-order valence-corrected chi connectivity index (χ2v) is 10.9. The molecule has 0 saturated carbocycles. The van der Waals surface area contributed by atoms with E-state index in [0.29, 0.717) is 23.4 Å². The van der Waals surface area contributed by atoms with Gasteiger partial charge in [0.1, 0.15) is 6.54 Å². The van der Waals surface area contributed by atoms with Crippen molar-refractivity contribution in [2.75, 3.05) is 36.9 Å². The minimum absolute atomic E-state index is 0.0346. The summed E-state index contributed by atoms with van der Waals surface area (Å²) < 4.78 is 61.5. The van der Waals surface area contributed by atoms with E-state index in [-0.39, 0.29) is 30.6 Å². The summed E-state index contributed by atoms with van der Waals surface area (Å²) in [5.41, 5.74) is -4.59. The Kier molecular flexibility index (Phi) is 7.24. The molecule has 0 bridgehead atoms. The van der Waals surface area contributed by atoms with Crippen molar-refractivity contribution in [3.63, 3.8) is 0 Å². The van der Waals surface area contributed by atoms with Gasteiger partial charge >= 0.3 is 11.5 Å². The van der Waals surface area contributed by atoms with Gasteiger partial charge in [-0.25, -0.2) is 18.1 Å². The highest BCUT2D eigenvalue weighted by Crippen LogP contribution is 2.32. The number of urea groups is 1. The lowest BCUT2D eigenvalue weighted by Gasteiger charge is -2.28. The molecule has 1 N–H and O–H groups in total. The Hall–Kier alpha value is -3.52. The van der Waals surface area contributed by atoms with Crippen LogP contribution in [-0.4, -0.2) is 73.2 Å². The Balaban J connectivity index is 1.47. The molecule has 0 radical (unpaired) electrons. The summed E-state index contributed by atoms with van der Waals surface area (Å²) in [5, 5.41) is 2.87. The Labute approximate surface area is 211 Å². The Morgan fingerprint density at radius 3 is 2.38 bits per heavy atom. The minimum Gasteiger partial charge on any atom is -0.324 e. The fourth-order valence-corrected chi connectivity index (χ4v) is 4.98. The first-order valence-corrected chi connectivity index (χ1v) is 12.8. The van der Waals surface area contributed by atoms with Gasteiger partial charge in [-0.2, -0.15) is 13.2 Å². The number of hydrogen-bond acceptors (Lipinski definition) is 7. The van der Waals surface area contributed by atoms with Gasteiger partial charge in [0.25, 0.3) is 15.7 Å². The van der Waals surface area contributed by atoms with E-state index in [4.69, 9.17) is 0 Å². The van der Waals surface area contributed by atoms with Crippen molar-refractivity contribution in [2.24, 2.45) is 5.92 Å². The lowest BCUT2D eigenvalue weighted by Crippen LogP contribution is -2.36. The number of sulfone groups is 1. The first-order chi connectivity index (χ1) is 17.4. The van der Waals surface area contributed by atoms with Crippen molar-refractivity contribution in [2.45, 2.75) is 29.8 Å². The molecule has 3 heterocycles. The highest BCUT2D eigenvalue weighted by molar-refractivity contribution is 7.92. The number of alkyl halides is 3. The number of carbonyl (C=O) groups excluding carboxylic acids is 3. The minimum atomic E-state index is -5.56. The van der Waals surface area contributed by atoms with Crippen LogP contribution in [0.15, 0.2) is 47.6 Å². The lowest BCUT2D eigenvalue weighted by molar-refractivity contribution is -0.121. The number of imide groups is 1. The monoisotopic (exact) mass is 539 g/mol. The highest BCUT2D eigenvalue weighted by Gasteiger charge is 2.47. The summed E-state index contributed by atoms with van der Waals surface area (Å²) in [6.07, 6.45) is 4.38. The molecule has 0 aliphatic carbocycles. The molecular weight excluding hydrogens is 515 g/mol. The van der Waals surface area contributed by atoms with Crippen LogP contribution in [0.1, 0.15) is 18.4 Å². The number of hydrogen-bond donors (Lipinski definition) is 1. The summed E-state index contributed by atoms with van der Waals surface area (Å²) in [7, 11) is -3.57. The van der Waals surface area contributed by atoms with Crippen LogP contribution in [0.5, 0.6) is 0 Å². The van der Waals surface area contributed by atoms with Crippen LogP contribution in [0.4, 0.5) is 29.3 Å². The van der Waals surface area contributed by atoms with E-state index in [1.165, 1.54) is 17.3 Å². The summed E-state index contributed by atoms with van der Waals surface area (Å²) in [6, 6.07) is 4.21. The number of nitrogens with one attached hydrogen (secondary N) is 1. The van der Waals surface area contributed by atoms with Crippen LogP contribution in [0.2, 0.25) is 0 Å². The van der Waals surface area contributed by atoms with E-state index in [2.05, 4.69) is 15.2 Å². The Bertz CT molecular complexity index is 1310. The molecule has 2 aliphatic heterocycles. The quantitative estimate of drug-likeness (QED) is 0.561. The van der Waals surface area contributed by atoms with Crippen molar-refractivity contribution in [3.8, 4) is 0 Å². The molecule has 4 rings (SSSR count). The van der Waals surface area contributed by atoms with E-state index in [1.807, 2.05) is 7.05 Å². The van der Waals surface area contributed by atoms with E-state index in [1.54, 1.807) is 6.07 Å². The van der Waals surface area contributed by atoms with Gasteiger partial charge in [0.2, 0.25) is 5.91 Å². The third-order valence-electron chi connectivity index (χ3n) is 6.37. The highest BCUT2D eigenvalue weighted by atomic mass is 32.2. The predicted octanol–water partition coefficient (Wildman–Crippen LogP) is 2.62. The molecule has 0 unspecified atom stereocenters. The number of aromatic nitrogens is 1. The molecule has 2 aliphatic rings. The maximum Gasteiger partial charge on any atom is 0.501 e. The van der Waals surface area contributed by atoms with Crippen LogP contribution in [-0.2, 0) is 26.0 Å². The zero-order valence-electron chi connectivity index (χ0n) is 19.7. The number of amides is 4. The van der Waals surface area contributed by atoms with Crippen LogP contribution < -0.4 is 10.2 Å². The molecule has 2 fully saturated rings. The van der Waals surface area contributed by atoms with Crippen LogP contribution in [0.3, 0.4) is 0 Å². The molecule has 0 atom stereocenters. The SMILES string of the molecule is CN1CCC(C(=O)Nc2cnccc2CN2CC(=O)N(c3ccc(S(=O)(=O)C(F)(F)F)cc3)C2=O)CC1. The molecule has 198 valence electrons. The second-order valence-electron chi connectivity index (χ2n) is 8.91. The number of anilines is 2. The first kappa shape index (κ1) is 26.5. The largest absolute Gasteiger partial charge is 0.501 e. The molecule has 37 heavy (non-hydrogen) atoms. The molecule has 14 heteroatoms. The topological polar surface area (TPSA) is 120 Å². The number of rotatable bonds is 6. The summed E-state index contributed by atoms with van der Waals surface area (Å²) in [5.74, 6) is -0.942. The summed E-state index contributed by atoms with van der Waals surface area (Å²) >= 11 is 0. The van der Waals surface area contributed by atoms with Gasteiger partial charge in [-0.05, 0) is 68.9 Å². The standard InChI is InChI=1S/C23H24F3N5O5S/c1-29-10-7-15(8-11-29)21(33)28-19-12-27-9-6-16(19)13-30-14-20(32)31(22(30)34)17-2-4-18(5-3-17)37(35,36)23(24,25)26/h2-6,9,12,15H,7-8,10-11,13-14H2,1H3,(H,28,33). The molecular formula is C23H24F3N5O5S. The first-order valence-electron chi connectivity index (χ1n) is 11.3. The Morgan fingerprint density at radius 1 is 1.11 bits per heavy atom. The van der Waals surface area contributed by atoms with Gasteiger partial charge in [0.15, 0.2) is 0 Å². The zero-order chi connectivity index (χ0) is 27.0. The number of likely N-dealkylation sites (tertiary alicyclic amines) is 1. The van der Waals surface area contributed by atoms with Gasteiger partial charge in [-0.15, -0.1) is 0 Å². The van der Waals surface area contributed by atoms with Crippen LogP contribution >= 0.6 is 0 Å². The average molecular weight is 540 g/mol. The van der Waals surface area contributed by atoms with Gasteiger partial charge in [0, 0.05) is 12.1 Å². The molecule has 10 nitrogen and oxygen atoms in total. The normalized spacial score (nSPS) is 17.9. The van der Waals surface area contributed by atoms with Gasteiger partial charge in [0.05, 0.1) is 29.0 Å². The van der Waals surface area contributed by atoms with Crippen LogP contribution in [0, 0.1) is 5.92 Å². The fourth-order valence-electron chi connectivity index (χ4n) is 4.22. The zero-order valence-corrected chi connectivity index (χ0v) is 20.6. The van der Waals surface area contributed by atoms with Crippen molar-refractivity contribution < 1.29 is 36.0 Å². The molecule has 1 aromatic heterocycles. The van der Waals surface area contributed by atoms with Gasteiger partial charge in [-0.3, -0.25) is 14.6 Å². The maximum atomic E-state index is 13.0. The van der Waals surface area contributed by atoms with Crippen molar-refractivity contribution in [1.29, 1.82) is 0 Å². The average Bonchev–Trinajstić information content (AvgIpc) is 3.12. The van der Waals surface area contributed by atoms with E-state index in [0.717, 1.165) is 43.0 Å². The number of nitrogens with zero attached hydrogens (tertiary/aromatic N) is 4. The van der Waals surface area contributed by atoms with Gasteiger partial charge < -0.3 is 15.1 Å².